The average molecular weight is 272 g/mol. The monoisotopic (exact) mass is 272 g/mol. The molecule has 0 radical (unpaired) electrons. The summed E-state index contributed by atoms with van der Waals surface area (Å²) in [5.74, 6) is -0.752. The Morgan fingerprint density at radius 2 is 2.15 bits per heavy atom. The van der Waals surface area contributed by atoms with E-state index < -0.39 is 5.97 Å². The van der Waals surface area contributed by atoms with Crippen LogP contribution in [0.4, 0.5) is 0 Å². The van der Waals surface area contributed by atoms with Gasteiger partial charge in [-0.15, -0.1) is 0 Å². The van der Waals surface area contributed by atoms with Gasteiger partial charge in [-0.3, -0.25) is 14.7 Å². The number of fused-ring (bicyclic) bond motifs is 1. The summed E-state index contributed by atoms with van der Waals surface area (Å²) in [6.45, 7) is 5.50. The second-order valence-electron chi connectivity index (χ2n) is 5.24. The van der Waals surface area contributed by atoms with Crippen LogP contribution in [0.3, 0.4) is 0 Å². The molecule has 1 aromatic carbocycles. The SMILES string of the molecule is CC(C)N(CCC(=O)O)Cc1ccc2ncccc2c1. The quantitative estimate of drug-likeness (QED) is 0.878. The first kappa shape index (κ1) is 14.5. The number of hydrogen-bond acceptors (Lipinski definition) is 3. The molecule has 1 heterocycles. The maximum absolute atomic E-state index is 10.7. The second kappa shape index (κ2) is 6.48. The van der Waals surface area contributed by atoms with Gasteiger partial charge in [-0.1, -0.05) is 12.1 Å². The number of carboxylic acid groups (broad SMARTS) is 1. The fourth-order valence-corrected chi connectivity index (χ4v) is 2.22. The Kier molecular flexibility index (Phi) is 4.69. The molecule has 106 valence electrons. The van der Waals surface area contributed by atoms with Gasteiger partial charge in [-0.25, -0.2) is 0 Å². The van der Waals surface area contributed by atoms with E-state index in [-0.39, 0.29) is 6.42 Å². The third kappa shape index (κ3) is 3.78. The molecule has 0 aliphatic rings. The number of rotatable bonds is 6. The number of benzene rings is 1. The van der Waals surface area contributed by atoms with Gasteiger partial charge in [0.2, 0.25) is 0 Å². The highest BCUT2D eigenvalue weighted by Crippen LogP contribution is 2.16. The van der Waals surface area contributed by atoms with Gasteiger partial charge >= 0.3 is 5.97 Å². The van der Waals surface area contributed by atoms with Gasteiger partial charge in [-0.2, -0.15) is 0 Å². The van der Waals surface area contributed by atoms with Gasteiger partial charge in [-0.05, 0) is 37.6 Å². The topological polar surface area (TPSA) is 53.4 Å². The zero-order chi connectivity index (χ0) is 14.5. The molecule has 2 aromatic rings. The minimum atomic E-state index is -0.752. The maximum Gasteiger partial charge on any atom is 0.304 e. The number of carboxylic acids is 1. The lowest BCUT2D eigenvalue weighted by Gasteiger charge is -2.26. The molecular weight excluding hydrogens is 252 g/mol. The lowest BCUT2D eigenvalue weighted by Crippen LogP contribution is -2.32. The molecule has 0 atom stereocenters. The van der Waals surface area contributed by atoms with Gasteiger partial charge in [0.15, 0.2) is 0 Å². The van der Waals surface area contributed by atoms with Crippen LogP contribution in [0.15, 0.2) is 36.5 Å². The molecule has 0 unspecified atom stereocenters. The van der Waals surface area contributed by atoms with Crippen molar-refractivity contribution >= 4 is 16.9 Å². The molecular formula is C16H20N2O2. The van der Waals surface area contributed by atoms with E-state index >= 15 is 0 Å². The van der Waals surface area contributed by atoms with Crippen LogP contribution >= 0.6 is 0 Å². The molecule has 1 aromatic heterocycles. The third-order valence-corrected chi connectivity index (χ3v) is 3.40. The van der Waals surface area contributed by atoms with Crippen molar-refractivity contribution in [1.82, 2.24) is 9.88 Å². The third-order valence-electron chi connectivity index (χ3n) is 3.40. The number of pyridine rings is 1. The molecule has 0 fully saturated rings. The van der Waals surface area contributed by atoms with Crippen LogP contribution in [-0.2, 0) is 11.3 Å². The van der Waals surface area contributed by atoms with Crippen molar-refractivity contribution in [3.05, 3.63) is 42.1 Å². The summed E-state index contributed by atoms with van der Waals surface area (Å²) in [6, 6.07) is 10.5. The van der Waals surface area contributed by atoms with Gasteiger partial charge in [0.05, 0.1) is 11.9 Å². The Morgan fingerprint density at radius 3 is 2.85 bits per heavy atom. The molecule has 0 bridgehead atoms. The largest absolute Gasteiger partial charge is 0.481 e. The minimum absolute atomic E-state index is 0.174. The Morgan fingerprint density at radius 1 is 1.35 bits per heavy atom. The number of hydrogen-bond donors (Lipinski definition) is 1. The van der Waals surface area contributed by atoms with Crippen molar-refractivity contribution in [3.63, 3.8) is 0 Å². The Labute approximate surface area is 119 Å². The van der Waals surface area contributed by atoms with Crippen LogP contribution in [-0.4, -0.2) is 33.5 Å². The fourth-order valence-electron chi connectivity index (χ4n) is 2.22. The summed E-state index contributed by atoms with van der Waals surface area (Å²) in [4.78, 5) is 17.2. The van der Waals surface area contributed by atoms with Gasteiger partial charge < -0.3 is 5.11 Å². The van der Waals surface area contributed by atoms with Gasteiger partial charge in [0.1, 0.15) is 0 Å². The number of aromatic nitrogens is 1. The standard InChI is InChI=1S/C16H20N2O2/c1-12(2)18(9-7-16(19)20)11-13-5-6-15-14(10-13)4-3-8-17-15/h3-6,8,10,12H,7,9,11H2,1-2H3,(H,19,20). The first-order valence-corrected chi connectivity index (χ1v) is 6.86. The zero-order valence-electron chi connectivity index (χ0n) is 11.9. The molecule has 0 amide bonds. The van der Waals surface area contributed by atoms with E-state index in [1.54, 1.807) is 6.20 Å². The summed E-state index contributed by atoms with van der Waals surface area (Å²) in [7, 11) is 0. The van der Waals surface area contributed by atoms with Crippen LogP contribution in [0.25, 0.3) is 10.9 Å². The summed E-state index contributed by atoms with van der Waals surface area (Å²) in [5, 5.41) is 9.93. The van der Waals surface area contributed by atoms with Crippen LogP contribution in [0.2, 0.25) is 0 Å². The summed E-state index contributed by atoms with van der Waals surface area (Å²) in [6.07, 6.45) is 1.96. The zero-order valence-corrected chi connectivity index (χ0v) is 11.9. The van der Waals surface area contributed by atoms with E-state index in [2.05, 4.69) is 35.9 Å². The van der Waals surface area contributed by atoms with Crippen molar-refractivity contribution in [2.24, 2.45) is 0 Å². The van der Waals surface area contributed by atoms with Crippen molar-refractivity contribution in [2.45, 2.75) is 32.9 Å². The molecule has 2 rings (SSSR count). The van der Waals surface area contributed by atoms with E-state index in [0.29, 0.717) is 12.6 Å². The van der Waals surface area contributed by atoms with Crippen LogP contribution in [0.5, 0.6) is 0 Å². The maximum atomic E-state index is 10.7. The lowest BCUT2D eigenvalue weighted by atomic mass is 10.1. The molecule has 0 saturated heterocycles. The van der Waals surface area contributed by atoms with Crippen molar-refractivity contribution in [3.8, 4) is 0 Å². The van der Waals surface area contributed by atoms with E-state index in [0.717, 1.165) is 17.4 Å². The summed E-state index contributed by atoms with van der Waals surface area (Å²) in [5.41, 5.74) is 2.17. The number of nitrogens with zero attached hydrogens (tertiary/aromatic N) is 2. The molecule has 0 aliphatic carbocycles. The van der Waals surface area contributed by atoms with Crippen molar-refractivity contribution < 1.29 is 9.90 Å². The molecule has 0 spiro atoms. The van der Waals surface area contributed by atoms with Gasteiger partial charge in [0.25, 0.3) is 0 Å². The van der Waals surface area contributed by atoms with E-state index in [1.807, 2.05) is 18.2 Å². The second-order valence-corrected chi connectivity index (χ2v) is 5.24. The smallest absolute Gasteiger partial charge is 0.304 e. The highest BCUT2D eigenvalue weighted by molar-refractivity contribution is 5.78. The van der Waals surface area contributed by atoms with E-state index in [1.165, 1.54) is 5.56 Å². The first-order chi connectivity index (χ1) is 9.56. The number of carbonyl (C=O) groups is 1. The van der Waals surface area contributed by atoms with E-state index in [9.17, 15) is 4.79 Å². The van der Waals surface area contributed by atoms with Gasteiger partial charge in [0, 0.05) is 30.7 Å². The molecule has 4 nitrogen and oxygen atoms in total. The normalized spacial score (nSPS) is 11.4. The highest BCUT2D eigenvalue weighted by atomic mass is 16.4. The Hall–Kier alpha value is -1.94. The summed E-state index contributed by atoms with van der Waals surface area (Å²) >= 11 is 0. The fraction of sp³-hybridized carbons (Fsp3) is 0.375. The van der Waals surface area contributed by atoms with E-state index in [4.69, 9.17) is 5.11 Å². The molecule has 1 N–H and O–H groups in total. The first-order valence-electron chi connectivity index (χ1n) is 6.86. The van der Waals surface area contributed by atoms with Crippen molar-refractivity contribution in [1.29, 1.82) is 0 Å². The predicted molar refractivity (Wildman–Crippen MR) is 79.5 cm³/mol. The lowest BCUT2D eigenvalue weighted by molar-refractivity contribution is -0.137. The van der Waals surface area contributed by atoms with Crippen LogP contribution < -0.4 is 0 Å². The summed E-state index contributed by atoms with van der Waals surface area (Å²) < 4.78 is 0. The molecule has 4 heteroatoms. The predicted octanol–water partition coefficient (Wildman–Crippen LogP) is 2.92. The molecule has 0 saturated carbocycles. The van der Waals surface area contributed by atoms with Crippen LogP contribution in [0.1, 0.15) is 25.8 Å². The van der Waals surface area contributed by atoms with Crippen LogP contribution in [0, 0.1) is 0 Å². The molecule has 20 heavy (non-hydrogen) atoms. The highest BCUT2D eigenvalue weighted by Gasteiger charge is 2.12. The van der Waals surface area contributed by atoms with Crippen molar-refractivity contribution in [2.75, 3.05) is 6.54 Å². The molecule has 0 aliphatic heterocycles. The number of aliphatic carboxylic acids is 1. The Balaban J connectivity index is 2.13. The Bertz CT molecular complexity index is 596. The minimum Gasteiger partial charge on any atom is -0.481 e. The average Bonchev–Trinajstić information content (AvgIpc) is 2.42.